The van der Waals surface area contributed by atoms with Crippen molar-refractivity contribution in [2.75, 3.05) is 18.9 Å². The molecule has 0 spiro atoms. The Morgan fingerprint density at radius 3 is 2.58 bits per heavy atom. The van der Waals surface area contributed by atoms with E-state index in [0.717, 1.165) is 21.2 Å². The number of nitrogens with zero attached hydrogens (tertiary/aromatic N) is 1. The first-order chi connectivity index (χ1) is 11.2. The molecule has 0 saturated heterocycles. The molecule has 1 aromatic heterocycles. The van der Waals surface area contributed by atoms with Crippen molar-refractivity contribution >= 4 is 44.6 Å². The number of nitrogens with one attached hydrogen (secondary N) is 1. The van der Waals surface area contributed by atoms with Gasteiger partial charge in [-0.05, 0) is 35.7 Å². The van der Waals surface area contributed by atoms with Crippen LogP contribution in [0, 0.1) is 0 Å². The van der Waals surface area contributed by atoms with Crippen LogP contribution in [0.5, 0.6) is 0 Å². The highest BCUT2D eigenvalue weighted by molar-refractivity contribution is 7.91. The SMILES string of the molecule is CC(C)c1cccc(NC(=O)CN(C)S(=O)(=O)c2ccc(Cl)s2)c1. The molecule has 130 valence electrons. The van der Waals surface area contributed by atoms with Gasteiger partial charge >= 0.3 is 0 Å². The van der Waals surface area contributed by atoms with Gasteiger partial charge in [-0.15, -0.1) is 11.3 Å². The van der Waals surface area contributed by atoms with E-state index in [4.69, 9.17) is 11.6 Å². The van der Waals surface area contributed by atoms with Gasteiger partial charge in [-0.2, -0.15) is 4.31 Å². The molecule has 2 rings (SSSR count). The number of carbonyl (C=O) groups is 1. The van der Waals surface area contributed by atoms with Gasteiger partial charge in [0, 0.05) is 12.7 Å². The van der Waals surface area contributed by atoms with Gasteiger partial charge in [0.2, 0.25) is 5.91 Å². The van der Waals surface area contributed by atoms with Crippen LogP contribution in [0.3, 0.4) is 0 Å². The van der Waals surface area contributed by atoms with Gasteiger partial charge < -0.3 is 5.32 Å². The molecule has 1 aromatic carbocycles. The molecule has 24 heavy (non-hydrogen) atoms. The van der Waals surface area contributed by atoms with Crippen LogP contribution >= 0.6 is 22.9 Å². The Bertz CT molecular complexity index is 831. The van der Waals surface area contributed by atoms with Crippen molar-refractivity contribution in [3.05, 3.63) is 46.3 Å². The first-order valence-electron chi connectivity index (χ1n) is 7.31. The van der Waals surface area contributed by atoms with Gasteiger partial charge in [0.1, 0.15) is 4.21 Å². The first-order valence-corrected chi connectivity index (χ1v) is 9.95. The lowest BCUT2D eigenvalue weighted by molar-refractivity contribution is -0.116. The molecule has 0 radical (unpaired) electrons. The third-order valence-corrected chi connectivity index (χ3v) is 6.92. The van der Waals surface area contributed by atoms with E-state index in [1.807, 2.05) is 18.2 Å². The first kappa shape index (κ1) is 18.9. The van der Waals surface area contributed by atoms with Crippen molar-refractivity contribution in [1.29, 1.82) is 0 Å². The monoisotopic (exact) mass is 386 g/mol. The average Bonchev–Trinajstić information content (AvgIpc) is 2.94. The quantitative estimate of drug-likeness (QED) is 0.821. The summed E-state index contributed by atoms with van der Waals surface area (Å²) in [7, 11) is -2.35. The molecule has 0 aliphatic heterocycles. The van der Waals surface area contributed by atoms with Crippen LogP contribution in [-0.4, -0.2) is 32.2 Å². The van der Waals surface area contributed by atoms with Crippen LogP contribution in [0.15, 0.2) is 40.6 Å². The van der Waals surface area contributed by atoms with Crippen LogP contribution in [-0.2, 0) is 14.8 Å². The zero-order valence-electron chi connectivity index (χ0n) is 13.6. The molecule has 2 aromatic rings. The summed E-state index contributed by atoms with van der Waals surface area (Å²) >= 11 is 6.74. The van der Waals surface area contributed by atoms with E-state index in [1.54, 1.807) is 6.07 Å². The molecule has 0 saturated carbocycles. The smallest absolute Gasteiger partial charge is 0.252 e. The maximum absolute atomic E-state index is 12.4. The Morgan fingerprint density at radius 2 is 2.00 bits per heavy atom. The van der Waals surface area contributed by atoms with E-state index in [1.165, 1.54) is 19.2 Å². The van der Waals surface area contributed by atoms with Gasteiger partial charge in [-0.1, -0.05) is 37.6 Å². The third-order valence-electron chi connectivity index (χ3n) is 3.42. The molecular weight excluding hydrogens is 368 g/mol. The Kier molecular flexibility index (Phi) is 6.03. The van der Waals surface area contributed by atoms with Crippen molar-refractivity contribution < 1.29 is 13.2 Å². The summed E-state index contributed by atoms with van der Waals surface area (Å²) in [6.07, 6.45) is 0. The molecule has 0 aliphatic carbocycles. The number of carbonyl (C=O) groups excluding carboxylic acids is 1. The van der Waals surface area contributed by atoms with Gasteiger partial charge in [0.25, 0.3) is 10.0 Å². The van der Waals surface area contributed by atoms with Crippen LogP contribution in [0.2, 0.25) is 4.34 Å². The standard InChI is InChI=1S/C16H19ClN2O3S2/c1-11(2)12-5-4-6-13(9-12)18-15(20)10-19(3)24(21,22)16-8-7-14(17)23-16/h4-9,11H,10H2,1-3H3,(H,18,20). The van der Waals surface area contributed by atoms with Gasteiger partial charge in [-0.3, -0.25) is 4.79 Å². The van der Waals surface area contributed by atoms with Gasteiger partial charge in [-0.25, -0.2) is 8.42 Å². The largest absolute Gasteiger partial charge is 0.325 e. The third kappa shape index (κ3) is 4.57. The highest BCUT2D eigenvalue weighted by Crippen LogP contribution is 2.27. The summed E-state index contributed by atoms with van der Waals surface area (Å²) in [5, 5.41) is 2.73. The Balaban J connectivity index is 2.05. The maximum atomic E-state index is 12.4. The fourth-order valence-corrected chi connectivity index (χ4v) is 4.87. The molecule has 0 atom stereocenters. The minimum atomic E-state index is -3.72. The number of benzene rings is 1. The van der Waals surface area contributed by atoms with Crippen molar-refractivity contribution in [3.8, 4) is 0 Å². The zero-order chi connectivity index (χ0) is 17.9. The molecule has 1 heterocycles. The molecular formula is C16H19ClN2O3S2. The topological polar surface area (TPSA) is 66.5 Å². The van der Waals surface area contributed by atoms with Crippen LogP contribution in [0.4, 0.5) is 5.69 Å². The minimum absolute atomic E-state index is 0.115. The predicted octanol–water partition coefficient (Wildman–Crippen LogP) is 3.78. The van der Waals surface area contributed by atoms with Crippen molar-refractivity contribution in [3.63, 3.8) is 0 Å². The summed E-state index contributed by atoms with van der Waals surface area (Å²) in [5.41, 5.74) is 1.75. The second kappa shape index (κ2) is 7.65. The Morgan fingerprint density at radius 1 is 1.29 bits per heavy atom. The van der Waals surface area contributed by atoms with E-state index in [-0.39, 0.29) is 10.8 Å². The second-order valence-corrected chi connectivity index (χ2v) is 9.63. The zero-order valence-corrected chi connectivity index (χ0v) is 16.0. The van der Waals surface area contributed by atoms with Gasteiger partial charge in [0.05, 0.1) is 10.9 Å². The van der Waals surface area contributed by atoms with Gasteiger partial charge in [0.15, 0.2) is 0 Å². The highest BCUT2D eigenvalue weighted by atomic mass is 35.5. The molecule has 0 bridgehead atoms. The minimum Gasteiger partial charge on any atom is -0.325 e. The van der Waals surface area contributed by atoms with Crippen molar-refractivity contribution in [2.24, 2.45) is 0 Å². The Labute approximate surface area is 151 Å². The number of anilines is 1. The number of likely N-dealkylation sites (N-methyl/N-ethyl adjacent to an activating group) is 1. The lowest BCUT2D eigenvalue weighted by atomic mass is 10.0. The molecule has 8 heteroatoms. The summed E-state index contributed by atoms with van der Waals surface area (Å²) in [4.78, 5) is 12.1. The van der Waals surface area contributed by atoms with Crippen molar-refractivity contribution in [1.82, 2.24) is 4.31 Å². The summed E-state index contributed by atoms with van der Waals surface area (Å²) in [5.74, 6) is -0.0573. The summed E-state index contributed by atoms with van der Waals surface area (Å²) in [6, 6.07) is 10.5. The summed E-state index contributed by atoms with van der Waals surface area (Å²) in [6.45, 7) is 3.85. The highest BCUT2D eigenvalue weighted by Gasteiger charge is 2.24. The number of rotatable bonds is 6. The fourth-order valence-electron chi connectivity index (χ4n) is 2.05. The van der Waals surface area contributed by atoms with Crippen LogP contribution in [0.25, 0.3) is 0 Å². The fraction of sp³-hybridized carbons (Fsp3) is 0.312. The average molecular weight is 387 g/mol. The van der Waals surface area contributed by atoms with Crippen LogP contribution in [0.1, 0.15) is 25.3 Å². The number of halogens is 1. The molecule has 1 N–H and O–H groups in total. The van der Waals surface area contributed by atoms with Crippen molar-refractivity contribution in [2.45, 2.75) is 24.0 Å². The molecule has 0 fully saturated rings. The van der Waals surface area contributed by atoms with E-state index in [0.29, 0.717) is 15.9 Å². The number of thiophene rings is 1. The van der Waals surface area contributed by atoms with E-state index in [9.17, 15) is 13.2 Å². The number of hydrogen-bond acceptors (Lipinski definition) is 4. The molecule has 0 unspecified atom stereocenters. The van der Waals surface area contributed by atoms with E-state index < -0.39 is 15.9 Å². The number of hydrogen-bond donors (Lipinski definition) is 1. The number of amides is 1. The second-order valence-electron chi connectivity index (χ2n) is 5.65. The number of sulfonamides is 1. The summed E-state index contributed by atoms with van der Waals surface area (Å²) < 4.78 is 26.3. The molecule has 5 nitrogen and oxygen atoms in total. The Hall–Kier alpha value is -1.41. The van der Waals surface area contributed by atoms with E-state index >= 15 is 0 Å². The van der Waals surface area contributed by atoms with Crippen LogP contribution < -0.4 is 5.32 Å². The molecule has 1 amide bonds. The lowest BCUT2D eigenvalue weighted by Gasteiger charge is -2.16. The maximum Gasteiger partial charge on any atom is 0.252 e. The van der Waals surface area contributed by atoms with E-state index in [2.05, 4.69) is 19.2 Å². The molecule has 0 aliphatic rings. The normalized spacial score (nSPS) is 11.9. The predicted molar refractivity (Wildman–Crippen MR) is 98.3 cm³/mol. The lowest BCUT2D eigenvalue weighted by Crippen LogP contribution is -2.34.